The third-order valence-electron chi connectivity index (χ3n) is 6.95. The van der Waals surface area contributed by atoms with Crippen LogP contribution >= 0.6 is 0 Å². The molecule has 2 atom stereocenters. The molecule has 9 nitrogen and oxygen atoms in total. The molecule has 0 fully saturated rings. The van der Waals surface area contributed by atoms with Crippen molar-refractivity contribution in [3.8, 4) is 0 Å². The Morgan fingerprint density at radius 3 is 2.24 bits per heavy atom. The van der Waals surface area contributed by atoms with Gasteiger partial charge in [-0.3, -0.25) is 9.59 Å². The molecule has 0 aromatic carbocycles. The molecule has 0 amide bonds. The number of unbranched alkanes of at least 4 members (excludes halogenated alkanes) is 1. The average Bonchev–Trinajstić information content (AvgIpc) is 3.42. The molecule has 0 N–H and O–H groups in total. The Kier molecular flexibility index (Phi) is 8.41. The summed E-state index contributed by atoms with van der Waals surface area (Å²) in [5.41, 5.74) is 0.573. The first-order valence-corrected chi connectivity index (χ1v) is 13.1. The summed E-state index contributed by atoms with van der Waals surface area (Å²) < 4.78 is 21.5. The van der Waals surface area contributed by atoms with Crippen LogP contribution in [0.4, 0.5) is 0 Å². The van der Waals surface area contributed by atoms with Crippen molar-refractivity contribution in [1.29, 1.82) is 0 Å². The minimum Gasteiger partial charge on any atom is -0.465 e. The van der Waals surface area contributed by atoms with Gasteiger partial charge in [-0.25, -0.2) is 14.4 Å². The van der Waals surface area contributed by atoms with Crippen LogP contribution in [-0.2, 0) is 42.9 Å². The number of hydrogen-bond donors (Lipinski definition) is 0. The highest BCUT2D eigenvalue weighted by molar-refractivity contribution is 6.17. The molecule has 4 aliphatic rings. The van der Waals surface area contributed by atoms with E-state index in [0.717, 1.165) is 25.7 Å². The van der Waals surface area contributed by atoms with E-state index in [1.165, 1.54) is 0 Å². The van der Waals surface area contributed by atoms with Crippen molar-refractivity contribution >= 4 is 29.8 Å². The SMILES string of the molecule is CCC/C=C/C1=C2C(=C3C4=C(CC(=O)OCCCCCCOC(=O)C2C3CCC)C(=O)OC4=O)OC1=O. The predicted molar refractivity (Wildman–Crippen MR) is 129 cm³/mol. The molecule has 0 aromatic rings. The van der Waals surface area contributed by atoms with Crippen LogP contribution in [0, 0.1) is 11.8 Å². The van der Waals surface area contributed by atoms with Gasteiger partial charge < -0.3 is 18.9 Å². The summed E-state index contributed by atoms with van der Waals surface area (Å²) in [7, 11) is 0. The Labute approximate surface area is 215 Å². The largest absolute Gasteiger partial charge is 0.465 e. The number of carbonyl (C=O) groups is 5. The first-order valence-electron chi connectivity index (χ1n) is 13.1. The van der Waals surface area contributed by atoms with Crippen LogP contribution in [-0.4, -0.2) is 43.1 Å². The second kappa shape index (κ2) is 11.7. The van der Waals surface area contributed by atoms with Gasteiger partial charge in [-0.1, -0.05) is 38.8 Å². The minimum atomic E-state index is -0.939. The van der Waals surface area contributed by atoms with Gasteiger partial charge in [-0.15, -0.1) is 0 Å². The highest BCUT2D eigenvalue weighted by Crippen LogP contribution is 2.53. The first-order chi connectivity index (χ1) is 17.9. The maximum Gasteiger partial charge on any atom is 0.347 e. The van der Waals surface area contributed by atoms with E-state index in [2.05, 4.69) is 0 Å². The monoisotopic (exact) mass is 512 g/mol. The zero-order valence-electron chi connectivity index (χ0n) is 21.3. The van der Waals surface area contributed by atoms with E-state index in [1.807, 2.05) is 19.9 Å². The van der Waals surface area contributed by atoms with Crippen LogP contribution in [0.25, 0.3) is 0 Å². The molecule has 0 saturated heterocycles. The smallest absolute Gasteiger partial charge is 0.347 e. The zero-order chi connectivity index (χ0) is 26.5. The van der Waals surface area contributed by atoms with Crippen LogP contribution < -0.4 is 0 Å². The molecule has 0 spiro atoms. The molecule has 0 aromatic heterocycles. The summed E-state index contributed by atoms with van der Waals surface area (Å²) in [6, 6.07) is 0. The van der Waals surface area contributed by atoms with Gasteiger partial charge in [0, 0.05) is 17.1 Å². The molecule has 2 unspecified atom stereocenters. The van der Waals surface area contributed by atoms with Crippen molar-refractivity contribution in [2.45, 2.75) is 71.6 Å². The summed E-state index contributed by atoms with van der Waals surface area (Å²) in [4.78, 5) is 64.6. The Bertz CT molecular complexity index is 1130. The molecule has 37 heavy (non-hydrogen) atoms. The van der Waals surface area contributed by atoms with Gasteiger partial charge in [0.15, 0.2) is 0 Å². The van der Waals surface area contributed by atoms with Crippen molar-refractivity contribution in [1.82, 2.24) is 0 Å². The zero-order valence-corrected chi connectivity index (χ0v) is 21.3. The number of esters is 5. The summed E-state index contributed by atoms with van der Waals surface area (Å²) >= 11 is 0. The molecule has 2 bridgehead atoms. The van der Waals surface area contributed by atoms with Crippen molar-refractivity contribution < 1.29 is 42.9 Å². The molecule has 9 heteroatoms. The Morgan fingerprint density at radius 2 is 1.54 bits per heavy atom. The average molecular weight is 513 g/mol. The molecule has 198 valence electrons. The van der Waals surface area contributed by atoms with Crippen LogP contribution in [0.15, 0.2) is 45.8 Å². The third kappa shape index (κ3) is 5.31. The lowest BCUT2D eigenvalue weighted by molar-refractivity contribution is -0.153. The molecule has 3 heterocycles. The van der Waals surface area contributed by atoms with Gasteiger partial charge in [0.25, 0.3) is 0 Å². The van der Waals surface area contributed by atoms with Gasteiger partial charge in [0.2, 0.25) is 0 Å². The van der Waals surface area contributed by atoms with Gasteiger partial charge in [0.1, 0.15) is 5.76 Å². The molecule has 0 saturated carbocycles. The standard InChI is InChI=1S/C28H32O9/c1-3-5-8-12-17-21-22-16(11-4-2)20(24(21)36-25(17)30)23-18(26(31)37-28(23)33)15-19(29)34-13-9-6-7-10-14-35-27(22)32/h8,12,16,22H,3-7,9-11,13-15H2,1-2H3/b12-8+. The first kappa shape index (κ1) is 26.6. The number of fused-ring (bicyclic) bond motifs is 5. The summed E-state index contributed by atoms with van der Waals surface area (Å²) in [5.74, 6) is -5.09. The van der Waals surface area contributed by atoms with E-state index in [0.29, 0.717) is 31.3 Å². The molecular formula is C28H32O9. The summed E-state index contributed by atoms with van der Waals surface area (Å²) in [6.45, 7) is 4.31. The Morgan fingerprint density at radius 1 is 0.811 bits per heavy atom. The summed E-state index contributed by atoms with van der Waals surface area (Å²) in [5, 5.41) is 0. The van der Waals surface area contributed by atoms with Gasteiger partial charge in [-0.05, 0) is 38.5 Å². The van der Waals surface area contributed by atoms with Crippen molar-refractivity contribution in [3.63, 3.8) is 0 Å². The van der Waals surface area contributed by atoms with Gasteiger partial charge >= 0.3 is 29.8 Å². The van der Waals surface area contributed by atoms with E-state index in [4.69, 9.17) is 18.9 Å². The highest BCUT2D eigenvalue weighted by Gasteiger charge is 2.54. The Balaban J connectivity index is 1.92. The molecule has 3 aliphatic heterocycles. The quantitative estimate of drug-likeness (QED) is 0.306. The Hall–Kier alpha value is -3.49. The van der Waals surface area contributed by atoms with E-state index in [-0.39, 0.29) is 41.3 Å². The lowest BCUT2D eigenvalue weighted by Crippen LogP contribution is -2.27. The fourth-order valence-electron chi connectivity index (χ4n) is 5.27. The molecule has 1 aliphatic carbocycles. The van der Waals surface area contributed by atoms with Crippen molar-refractivity contribution in [3.05, 3.63) is 45.8 Å². The topological polar surface area (TPSA) is 122 Å². The number of cyclic esters (lactones) is 4. The van der Waals surface area contributed by atoms with E-state index >= 15 is 0 Å². The maximum atomic E-state index is 13.5. The van der Waals surface area contributed by atoms with E-state index in [1.54, 1.807) is 6.08 Å². The number of rotatable bonds is 5. The fourth-order valence-corrected chi connectivity index (χ4v) is 5.27. The number of ether oxygens (including phenoxy) is 4. The van der Waals surface area contributed by atoms with Crippen LogP contribution in [0.2, 0.25) is 0 Å². The van der Waals surface area contributed by atoms with E-state index < -0.39 is 48.1 Å². The third-order valence-corrected chi connectivity index (χ3v) is 6.95. The van der Waals surface area contributed by atoms with Gasteiger partial charge in [0.05, 0.1) is 42.3 Å². The van der Waals surface area contributed by atoms with Crippen LogP contribution in [0.3, 0.4) is 0 Å². The molecular weight excluding hydrogens is 480 g/mol. The van der Waals surface area contributed by atoms with Gasteiger partial charge in [-0.2, -0.15) is 0 Å². The van der Waals surface area contributed by atoms with Crippen LogP contribution in [0.1, 0.15) is 71.6 Å². The lowest BCUT2D eigenvalue weighted by atomic mass is 9.81. The predicted octanol–water partition coefficient (Wildman–Crippen LogP) is 3.93. The second-order valence-corrected chi connectivity index (χ2v) is 9.53. The lowest BCUT2D eigenvalue weighted by Gasteiger charge is -2.22. The van der Waals surface area contributed by atoms with Crippen molar-refractivity contribution in [2.24, 2.45) is 11.8 Å². The van der Waals surface area contributed by atoms with Crippen molar-refractivity contribution in [2.75, 3.05) is 13.2 Å². The second-order valence-electron chi connectivity index (χ2n) is 9.53. The minimum absolute atomic E-state index is 0.0818. The van der Waals surface area contributed by atoms with Crippen LogP contribution in [0.5, 0.6) is 0 Å². The number of carbonyl (C=O) groups excluding carboxylic acids is 5. The number of allylic oxidation sites excluding steroid dienone is 2. The molecule has 0 radical (unpaired) electrons. The van der Waals surface area contributed by atoms with E-state index in [9.17, 15) is 24.0 Å². The summed E-state index contributed by atoms with van der Waals surface area (Å²) in [6.07, 6.45) is 8.54. The molecule has 4 rings (SSSR count). The highest BCUT2D eigenvalue weighted by atomic mass is 16.6. The number of hydrogen-bond acceptors (Lipinski definition) is 9. The fraction of sp³-hybridized carbons (Fsp3) is 0.536. The maximum absolute atomic E-state index is 13.5. The normalized spacial score (nSPS) is 25.4.